The van der Waals surface area contributed by atoms with Gasteiger partial charge in [-0.15, -0.1) is 0 Å². The average Bonchev–Trinajstić information content (AvgIpc) is 3.06. The van der Waals surface area contributed by atoms with Gasteiger partial charge in [0.15, 0.2) is 0 Å². The van der Waals surface area contributed by atoms with Gasteiger partial charge in [0.1, 0.15) is 0 Å². The fourth-order valence-corrected chi connectivity index (χ4v) is 3.93. The van der Waals surface area contributed by atoms with Gasteiger partial charge < -0.3 is 4.90 Å². The molecular formula is C20H23ClF3N3O. The molecule has 0 bridgehead atoms. The van der Waals surface area contributed by atoms with Crippen LogP contribution >= 0.6 is 11.6 Å². The van der Waals surface area contributed by atoms with Gasteiger partial charge in [0, 0.05) is 30.2 Å². The maximum atomic E-state index is 13.2. The van der Waals surface area contributed by atoms with E-state index in [0.29, 0.717) is 55.2 Å². The molecule has 1 aromatic carbocycles. The smallest absolute Gasteiger partial charge is 0.338 e. The minimum Gasteiger partial charge on any atom is -0.338 e. The van der Waals surface area contributed by atoms with E-state index in [1.54, 1.807) is 23.1 Å². The van der Waals surface area contributed by atoms with E-state index in [1.807, 2.05) is 0 Å². The van der Waals surface area contributed by atoms with Crippen LogP contribution in [0.15, 0.2) is 41.6 Å². The number of allylic oxidation sites excluding steroid dienone is 3. The Hall–Kier alpha value is -1.99. The number of anilines is 1. The zero-order valence-corrected chi connectivity index (χ0v) is 16.2. The van der Waals surface area contributed by atoms with Gasteiger partial charge in [-0.05, 0) is 55.4 Å². The standard InChI is InChI=1S/C20H23ClF3N3O/c1-13(20(22,23)24)16-5-2-3-6-18(16)27(25)15-9-8-14(17(21)11-15)12-26-10-4-7-19(26)28/h8-9,11H,1-7,10,12,25H2. The fourth-order valence-electron chi connectivity index (χ4n) is 3.70. The summed E-state index contributed by atoms with van der Waals surface area (Å²) in [6.07, 6.45) is -0.918. The number of alkyl halides is 3. The summed E-state index contributed by atoms with van der Waals surface area (Å²) < 4.78 is 39.5. The second-order valence-corrected chi connectivity index (χ2v) is 7.58. The van der Waals surface area contributed by atoms with Crippen LogP contribution < -0.4 is 10.9 Å². The minimum absolute atomic E-state index is 0.100. The Morgan fingerprint density at radius 3 is 2.54 bits per heavy atom. The Morgan fingerprint density at radius 2 is 1.93 bits per heavy atom. The molecule has 1 aliphatic heterocycles. The van der Waals surface area contributed by atoms with Gasteiger partial charge in [-0.25, -0.2) is 5.84 Å². The number of benzene rings is 1. The number of hydrogen-bond donors (Lipinski definition) is 1. The lowest BCUT2D eigenvalue weighted by atomic mass is 9.90. The summed E-state index contributed by atoms with van der Waals surface area (Å²) in [4.78, 5) is 13.5. The lowest BCUT2D eigenvalue weighted by molar-refractivity contribution is -0.128. The van der Waals surface area contributed by atoms with Crippen molar-refractivity contribution in [1.82, 2.24) is 4.90 Å². The quantitative estimate of drug-likeness (QED) is 0.540. The van der Waals surface area contributed by atoms with E-state index in [2.05, 4.69) is 6.58 Å². The third kappa shape index (κ3) is 4.36. The van der Waals surface area contributed by atoms with Crippen LogP contribution in [0.3, 0.4) is 0 Å². The highest BCUT2D eigenvalue weighted by molar-refractivity contribution is 6.31. The summed E-state index contributed by atoms with van der Waals surface area (Å²) >= 11 is 6.38. The molecule has 1 aromatic rings. The molecule has 1 amide bonds. The highest BCUT2D eigenvalue weighted by atomic mass is 35.5. The molecule has 2 N–H and O–H groups in total. The number of nitrogens with two attached hydrogens (primary N) is 1. The SMILES string of the molecule is C=C(C1=C(N(N)c2ccc(CN3CCCC3=O)c(Cl)c2)CCCC1)C(F)(F)F. The average molecular weight is 414 g/mol. The number of likely N-dealkylation sites (tertiary alicyclic amines) is 1. The second kappa shape index (κ2) is 8.17. The summed E-state index contributed by atoms with van der Waals surface area (Å²) in [6, 6.07) is 5.12. The highest BCUT2D eigenvalue weighted by Gasteiger charge is 2.36. The molecule has 1 saturated heterocycles. The van der Waals surface area contributed by atoms with Gasteiger partial charge in [-0.1, -0.05) is 24.2 Å². The minimum atomic E-state index is -4.48. The van der Waals surface area contributed by atoms with Crippen molar-refractivity contribution >= 4 is 23.2 Å². The Bertz CT molecular complexity index is 819. The highest BCUT2D eigenvalue weighted by Crippen LogP contribution is 2.39. The van der Waals surface area contributed by atoms with Gasteiger partial charge in [-0.2, -0.15) is 13.2 Å². The first-order valence-corrected chi connectivity index (χ1v) is 9.66. The number of carbonyl (C=O) groups excluding carboxylic acids is 1. The number of carbonyl (C=O) groups is 1. The summed E-state index contributed by atoms with van der Waals surface area (Å²) in [5.74, 6) is 6.29. The molecule has 0 unspecified atom stereocenters. The van der Waals surface area contributed by atoms with Crippen LogP contribution in [-0.2, 0) is 11.3 Å². The lowest BCUT2D eigenvalue weighted by Gasteiger charge is -2.30. The zero-order chi connectivity index (χ0) is 20.5. The molecule has 28 heavy (non-hydrogen) atoms. The fraction of sp³-hybridized carbons (Fsp3) is 0.450. The summed E-state index contributed by atoms with van der Waals surface area (Å²) in [5, 5.41) is 1.71. The predicted octanol–water partition coefficient (Wildman–Crippen LogP) is 5.09. The van der Waals surface area contributed by atoms with Crippen LogP contribution in [0.25, 0.3) is 0 Å². The summed E-state index contributed by atoms with van der Waals surface area (Å²) in [7, 11) is 0. The number of hydrogen-bond acceptors (Lipinski definition) is 3. The van der Waals surface area contributed by atoms with Gasteiger partial charge in [-0.3, -0.25) is 9.80 Å². The molecule has 4 nitrogen and oxygen atoms in total. The molecule has 0 saturated carbocycles. The third-order valence-electron chi connectivity index (χ3n) is 5.28. The van der Waals surface area contributed by atoms with Crippen LogP contribution in [0.4, 0.5) is 18.9 Å². The van der Waals surface area contributed by atoms with Crippen molar-refractivity contribution in [3.8, 4) is 0 Å². The Labute approximate surface area is 167 Å². The van der Waals surface area contributed by atoms with E-state index in [-0.39, 0.29) is 11.5 Å². The molecule has 0 radical (unpaired) electrons. The van der Waals surface area contributed by atoms with Crippen LogP contribution in [0.1, 0.15) is 44.1 Å². The topological polar surface area (TPSA) is 49.6 Å². The monoisotopic (exact) mass is 413 g/mol. The Balaban J connectivity index is 1.85. The first-order valence-electron chi connectivity index (χ1n) is 9.28. The summed E-state index contributed by atoms with van der Waals surface area (Å²) in [5.41, 5.74) is 1.03. The molecule has 0 aromatic heterocycles. The van der Waals surface area contributed by atoms with Crippen molar-refractivity contribution in [2.75, 3.05) is 11.6 Å². The van der Waals surface area contributed by atoms with Gasteiger partial charge in [0.2, 0.25) is 5.91 Å². The molecule has 1 heterocycles. The third-order valence-corrected chi connectivity index (χ3v) is 5.64. The Morgan fingerprint density at radius 1 is 1.21 bits per heavy atom. The zero-order valence-electron chi connectivity index (χ0n) is 15.5. The molecule has 8 heteroatoms. The van der Waals surface area contributed by atoms with E-state index in [0.717, 1.165) is 18.4 Å². The molecule has 3 rings (SSSR count). The van der Waals surface area contributed by atoms with Gasteiger partial charge >= 0.3 is 6.18 Å². The van der Waals surface area contributed by atoms with Crippen molar-refractivity contribution in [3.05, 3.63) is 52.2 Å². The van der Waals surface area contributed by atoms with Crippen molar-refractivity contribution in [1.29, 1.82) is 0 Å². The van der Waals surface area contributed by atoms with E-state index in [1.165, 1.54) is 5.01 Å². The predicted molar refractivity (Wildman–Crippen MR) is 103 cm³/mol. The molecule has 0 atom stereocenters. The maximum Gasteiger partial charge on any atom is 0.416 e. The molecule has 1 aliphatic carbocycles. The largest absolute Gasteiger partial charge is 0.416 e. The number of hydrazine groups is 1. The van der Waals surface area contributed by atoms with Crippen molar-refractivity contribution < 1.29 is 18.0 Å². The van der Waals surface area contributed by atoms with Gasteiger partial charge in [0.05, 0.1) is 11.3 Å². The Kier molecular flexibility index (Phi) is 6.05. The van der Waals surface area contributed by atoms with E-state index in [4.69, 9.17) is 17.4 Å². The van der Waals surface area contributed by atoms with E-state index >= 15 is 0 Å². The first-order chi connectivity index (χ1) is 13.2. The maximum absolute atomic E-state index is 13.2. The van der Waals surface area contributed by atoms with Crippen LogP contribution in [-0.4, -0.2) is 23.5 Å². The number of halogens is 4. The van der Waals surface area contributed by atoms with E-state index in [9.17, 15) is 18.0 Å². The van der Waals surface area contributed by atoms with Gasteiger partial charge in [0.25, 0.3) is 0 Å². The number of rotatable bonds is 5. The van der Waals surface area contributed by atoms with Crippen molar-refractivity contribution in [3.63, 3.8) is 0 Å². The second-order valence-electron chi connectivity index (χ2n) is 7.17. The molecule has 2 aliphatic rings. The van der Waals surface area contributed by atoms with Crippen LogP contribution in [0.2, 0.25) is 5.02 Å². The van der Waals surface area contributed by atoms with Crippen molar-refractivity contribution in [2.24, 2.45) is 5.84 Å². The molecule has 1 fully saturated rings. The molecule has 0 spiro atoms. The molecule has 152 valence electrons. The number of amides is 1. The molecular weight excluding hydrogens is 391 g/mol. The van der Waals surface area contributed by atoms with Crippen molar-refractivity contribution in [2.45, 2.75) is 51.2 Å². The number of nitrogens with zero attached hydrogens (tertiary/aromatic N) is 2. The lowest BCUT2D eigenvalue weighted by Crippen LogP contribution is -2.33. The van der Waals surface area contributed by atoms with Crippen LogP contribution in [0, 0.1) is 0 Å². The normalized spacial score (nSPS) is 18.0. The summed E-state index contributed by atoms with van der Waals surface area (Å²) in [6.45, 7) is 4.37. The van der Waals surface area contributed by atoms with Crippen LogP contribution in [0.5, 0.6) is 0 Å². The van der Waals surface area contributed by atoms with E-state index < -0.39 is 11.7 Å². The first kappa shape index (κ1) is 20.7.